The van der Waals surface area contributed by atoms with Gasteiger partial charge in [0.05, 0.1) is 0 Å². The van der Waals surface area contributed by atoms with E-state index in [1.54, 1.807) is 11.0 Å². The van der Waals surface area contributed by atoms with E-state index in [0.717, 1.165) is 44.8 Å². The summed E-state index contributed by atoms with van der Waals surface area (Å²) in [6.07, 6.45) is 6.74. The lowest BCUT2D eigenvalue weighted by Gasteiger charge is -2.35. The third kappa shape index (κ3) is 2.51. The Hall–Kier alpha value is -2.51. The average molecular weight is 299 g/mol. The Balaban J connectivity index is 1.45. The van der Waals surface area contributed by atoms with Gasteiger partial charge < -0.3 is 9.80 Å². The number of carbonyl (C=O) groups is 1. The first-order valence-corrected chi connectivity index (χ1v) is 7.52. The molecule has 2 aromatic rings. The summed E-state index contributed by atoms with van der Waals surface area (Å²) in [5.74, 6) is 2.17. The minimum absolute atomic E-state index is 0.296. The number of amides is 1. The number of piperazine rings is 1. The highest BCUT2D eigenvalue weighted by molar-refractivity contribution is 5.81. The Kier molecular flexibility index (Phi) is 3.21. The molecule has 0 aromatic carbocycles. The largest absolute Gasteiger partial charge is 0.353 e. The van der Waals surface area contributed by atoms with Crippen molar-refractivity contribution in [2.75, 3.05) is 31.1 Å². The maximum atomic E-state index is 12.1. The lowest BCUT2D eigenvalue weighted by Crippen LogP contribution is -2.49. The van der Waals surface area contributed by atoms with Gasteiger partial charge in [0.1, 0.15) is 24.8 Å². The number of hydrogen-bond acceptors (Lipinski definition) is 6. The summed E-state index contributed by atoms with van der Waals surface area (Å²) in [5.41, 5.74) is 0. The normalized spacial score (nSPS) is 18.5. The molecule has 1 saturated heterocycles. The second kappa shape index (κ2) is 5.36. The Bertz CT molecular complexity index is 660. The van der Waals surface area contributed by atoms with E-state index in [1.165, 1.54) is 12.7 Å². The Morgan fingerprint density at radius 1 is 1.05 bits per heavy atom. The van der Waals surface area contributed by atoms with Crippen LogP contribution in [0.2, 0.25) is 0 Å². The predicted octanol–water partition coefficient (Wildman–Crippen LogP) is 0.116. The molecule has 1 saturated carbocycles. The maximum Gasteiger partial charge on any atom is 0.225 e. The van der Waals surface area contributed by atoms with Gasteiger partial charge in [0, 0.05) is 38.2 Å². The molecule has 8 nitrogen and oxygen atoms in total. The Labute approximate surface area is 127 Å². The standard InChI is InChI=1S/C14H17N7O/c22-14(11-1-2-11)20-5-3-19(4-6-20)12-7-13(17-9-16-12)21-10-15-8-18-21/h7-11H,1-6H2. The van der Waals surface area contributed by atoms with E-state index in [9.17, 15) is 4.79 Å². The number of rotatable bonds is 3. The zero-order valence-corrected chi connectivity index (χ0v) is 12.2. The lowest BCUT2D eigenvalue weighted by molar-refractivity contribution is -0.132. The molecule has 2 fully saturated rings. The minimum Gasteiger partial charge on any atom is -0.353 e. The van der Waals surface area contributed by atoms with Gasteiger partial charge in [-0.25, -0.2) is 19.6 Å². The summed E-state index contributed by atoms with van der Waals surface area (Å²) >= 11 is 0. The molecular weight excluding hydrogens is 282 g/mol. The van der Waals surface area contributed by atoms with Crippen LogP contribution in [0.4, 0.5) is 5.82 Å². The van der Waals surface area contributed by atoms with Gasteiger partial charge in [-0.05, 0) is 12.8 Å². The van der Waals surface area contributed by atoms with E-state index in [4.69, 9.17) is 0 Å². The monoisotopic (exact) mass is 299 g/mol. The van der Waals surface area contributed by atoms with Crippen LogP contribution in [-0.4, -0.2) is 61.7 Å². The van der Waals surface area contributed by atoms with Gasteiger partial charge in [-0.15, -0.1) is 0 Å². The van der Waals surface area contributed by atoms with Crippen molar-refractivity contribution in [3.8, 4) is 5.82 Å². The molecule has 8 heteroatoms. The van der Waals surface area contributed by atoms with E-state index < -0.39 is 0 Å². The summed E-state index contributed by atoms with van der Waals surface area (Å²) < 4.78 is 1.61. The van der Waals surface area contributed by atoms with Crippen molar-refractivity contribution in [2.45, 2.75) is 12.8 Å². The Morgan fingerprint density at radius 2 is 1.82 bits per heavy atom. The van der Waals surface area contributed by atoms with Crippen LogP contribution >= 0.6 is 0 Å². The van der Waals surface area contributed by atoms with Crippen molar-refractivity contribution in [2.24, 2.45) is 5.92 Å². The number of anilines is 1. The van der Waals surface area contributed by atoms with Gasteiger partial charge >= 0.3 is 0 Å². The lowest BCUT2D eigenvalue weighted by atomic mass is 10.2. The first kappa shape index (κ1) is 13.2. The van der Waals surface area contributed by atoms with Crippen molar-refractivity contribution >= 4 is 11.7 Å². The SMILES string of the molecule is O=C(C1CC1)N1CCN(c2cc(-n3cncn3)ncn2)CC1. The van der Waals surface area contributed by atoms with Crippen molar-refractivity contribution in [3.63, 3.8) is 0 Å². The smallest absolute Gasteiger partial charge is 0.225 e. The van der Waals surface area contributed by atoms with E-state index in [-0.39, 0.29) is 0 Å². The second-order valence-corrected chi connectivity index (χ2v) is 5.66. The van der Waals surface area contributed by atoms with Crippen molar-refractivity contribution in [1.29, 1.82) is 0 Å². The summed E-state index contributed by atoms with van der Waals surface area (Å²) in [4.78, 5) is 28.7. The van der Waals surface area contributed by atoms with Gasteiger partial charge in [-0.2, -0.15) is 5.10 Å². The van der Waals surface area contributed by atoms with Crippen LogP contribution in [0.25, 0.3) is 5.82 Å². The van der Waals surface area contributed by atoms with Crippen LogP contribution in [-0.2, 0) is 4.79 Å². The molecule has 0 radical (unpaired) electrons. The summed E-state index contributed by atoms with van der Waals surface area (Å²) in [6.45, 7) is 3.12. The molecule has 3 heterocycles. The minimum atomic E-state index is 0.296. The molecule has 22 heavy (non-hydrogen) atoms. The molecule has 0 unspecified atom stereocenters. The van der Waals surface area contributed by atoms with Gasteiger partial charge in [0.2, 0.25) is 5.91 Å². The molecule has 0 N–H and O–H groups in total. The van der Waals surface area contributed by atoms with Crippen LogP contribution in [0.3, 0.4) is 0 Å². The highest BCUT2D eigenvalue weighted by Crippen LogP contribution is 2.31. The van der Waals surface area contributed by atoms with Gasteiger partial charge in [-0.3, -0.25) is 4.79 Å². The molecule has 0 spiro atoms. The highest BCUT2D eigenvalue weighted by Gasteiger charge is 2.34. The zero-order valence-electron chi connectivity index (χ0n) is 12.2. The van der Waals surface area contributed by atoms with Gasteiger partial charge in [0.15, 0.2) is 5.82 Å². The fourth-order valence-corrected chi connectivity index (χ4v) is 2.71. The Morgan fingerprint density at radius 3 is 2.50 bits per heavy atom. The number of aromatic nitrogens is 5. The van der Waals surface area contributed by atoms with Crippen molar-refractivity contribution in [1.82, 2.24) is 29.6 Å². The predicted molar refractivity (Wildman–Crippen MR) is 78.5 cm³/mol. The molecule has 1 amide bonds. The first-order valence-electron chi connectivity index (χ1n) is 7.52. The van der Waals surface area contributed by atoms with Gasteiger partial charge in [0.25, 0.3) is 0 Å². The first-order chi connectivity index (χ1) is 10.8. The average Bonchev–Trinajstić information content (AvgIpc) is 3.28. The van der Waals surface area contributed by atoms with E-state index >= 15 is 0 Å². The maximum absolute atomic E-state index is 12.1. The van der Waals surface area contributed by atoms with E-state index in [1.807, 2.05) is 11.0 Å². The fraction of sp³-hybridized carbons (Fsp3) is 0.500. The number of nitrogens with zero attached hydrogens (tertiary/aromatic N) is 7. The molecular formula is C14H17N7O. The van der Waals surface area contributed by atoms with Gasteiger partial charge in [-0.1, -0.05) is 0 Å². The van der Waals surface area contributed by atoms with Crippen LogP contribution in [0.15, 0.2) is 25.0 Å². The molecule has 2 aliphatic rings. The summed E-state index contributed by atoms with van der Waals surface area (Å²) in [5, 5.41) is 4.08. The van der Waals surface area contributed by atoms with Crippen LogP contribution in [0, 0.1) is 5.92 Å². The van der Waals surface area contributed by atoms with Crippen LogP contribution < -0.4 is 4.90 Å². The molecule has 0 bridgehead atoms. The zero-order chi connectivity index (χ0) is 14.9. The third-order valence-corrected chi connectivity index (χ3v) is 4.13. The molecule has 0 atom stereocenters. The third-order valence-electron chi connectivity index (χ3n) is 4.13. The number of hydrogen-bond donors (Lipinski definition) is 0. The molecule has 114 valence electrons. The topological polar surface area (TPSA) is 80.0 Å². The van der Waals surface area contributed by atoms with Crippen molar-refractivity contribution < 1.29 is 4.79 Å². The highest BCUT2D eigenvalue weighted by atomic mass is 16.2. The molecule has 4 rings (SSSR count). The number of carbonyl (C=O) groups excluding carboxylic acids is 1. The molecule has 2 aromatic heterocycles. The quantitative estimate of drug-likeness (QED) is 0.800. The second-order valence-electron chi connectivity index (χ2n) is 5.66. The van der Waals surface area contributed by atoms with Crippen LogP contribution in [0.5, 0.6) is 0 Å². The molecule has 1 aliphatic heterocycles. The van der Waals surface area contributed by atoms with E-state index in [2.05, 4.69) is 25.0 Å². The van der Waals surface area contributed by atoms with Crippen LogP contribution in [0.1, 0.15) is 12.8 Å². The van der Waals surface area contributed by atoms with E-state index in [0.29, 0.717) is 17.6 Å². The van der Waals surface area contributed by atoms with Crippen molar-refractivity contribution in [3.05, 3.63) is 25.0 Å². The summed E-state index contributed by atoms with van der Waals surface area (Å²) in [6, 6.07) is 1.90. The fourth-order valence-electron chi connectivity index (χ4n) is 2.71. The summed E-state index contributed by atoms with van der Waals surface area (Å²) in [7, 11) is 0. The molecule has 1 aliphatic carbocycles.